The quantitative estimate of drug-likeness (QED) is 0.637. The van der Waals surface area contributed by atoms with Crippen molar-refractivity contribution in [3.05, 3.63) is 90.3 Å². The Morgan fingerprint density at radius 2 is 1.68 bits per heavy atom. The van der Waals surface area contributed by atoms with E-state index in [0.717, 1.165) is 16.7 Å². The molecule has 31 heavy (non-hydrogen) atoms. The summed E-state index contributed by atoms with van der Waals surface area (Å²) in [6.07, 6.45) is 4.49. The number of pyridine rings is 1. The van der Waals surface area contributed by atoms with Crippen LogP contribution in [-0.2, 0) is 11.2 Å². The number of hydrogen-bond donors (Lipinski definition) is 0. The lowest BCUT2D eigenvalue weighted by molar-refractivity contribution is -0.138. The Hall–Kier alpha value is -3.47. The Morgan fingerprint density at radius 3 is 2.39 bits per heavy atom. The van der Waals surface area contributed by atoms with Crippen LogP contribution in [0.5, 0.6) is 0 Å². The molecule has 3 aromatic rings. The molecule has 2 heterocycles. The number of carbonyl (C=O) groups excluding carboxylic acids is 2. The van der Waals surface area contributed by atoms with Gasteiger partial charge in [-0.1, -0.05) is 54.6 Å². The highest BCUT2D eigenvalue weighted by molar-refractivity contribution is 5.95. The average molecular weight is 414 g/mol. The van der Waals surface area contributed by atoms with Gasteiger partial charge in [0.1, 0.15) is 0 Å². The molecule has 0 N–H and O–H groups in total. The summed E-state index contributed by atoms with van der Waals surface area (Å²) in [4.78, 5) is 33.8. The van der Waals surface area contributed by atoms with Crippen LogP contribution in [0.2, 0.25) is 0 Å². The largest absolute Gasteiger partial charge is 0.348 e. The van der Waals surface area contributed by atoms with Gasteiger partial charge >= 0.3 is 0 Å². The van der Waals surface area contributed by atoms with E-state index < -0.39 is 5.41 Å². The van der Waals surface area contributed by atoms with Crippen molar-refractivity contribution in [1.82, 2.24) is 14.8 Å². The van der Waals surface area contributed by atoms with Gasteiger partial charge in [-0.25, -0.2) is 0 Å². The first-order valence-corrected chi connectivity index (χ1v) is 10.5. The van der Waals surface area contributed by atoms with E-state index >= 15 is 0 Å². The van der Waals surface area contributed by atoms with Crippen molar-refractivity contribution in [2.45, 2.75) is 12.8 Å². The van der Waals surface area contributed by atoms with Crippen molar-refractivity contribution >= 4 is 11.8 Å². The lowest BCUT2D eigenvalue weighted by atomic mass is 9.79. The van der Waals surface area contributed by atoms with E-state index in [9.17, 15) is 9.59 Å². The molecule has 0 saturated carbocycles. The minimum absolute atomic E-state index is 0.0473. The van der Waals surface area contributed by atoms with Crippen LogP contribution in [0.25, 0.3) is 11.1 Å². The summed E-state index contributed by atoms with van der Waals surface area (Å²) >= 11 is 0. The fraction of sp³-hybridized carbons (Fsp3) is 0.269. The van der Waals surface area contributed by atoms with Crippen molar-refractivity contribution in [2.75, 3.05) is 27.2 Å². The second-order valence-electron chi connectivity index (χ2n) is 8.44. The summed E-state index contributed by atoms with van der Waals surface area (Å²) in [5.74, 6) is 0.0245. The van der Waals surface area contributed by atoms with Gasteiger partial charge in [0.2, 0.25) is 5.91 Å². The highest BCUT2D eigenvalue weighted by Gasteiger charge is 2.46. The lowest BCUT2D eigenvalue weighted by Crippen LogP contribution is -2.44. The van der Waals surface area contributed by atoms with Crippen molar-refractivity contribution in [3.8, 4) is 11.1 Å². The predicted molar refractivity (Wildman–Crippen MR) is 121 cm³/mol. The second-order valence-corrected chi connectivity index (χ2v) is 8.44. The molecule has 2 aromatic carbocycles. The molecule has 0 aliphatic carbocycles. The molecular formula is C26H27N3O2. The van der Waals surface area contributed by atoms with Crippen LogP contribution < -0.4 is 0 Å². The Balaban J connectivity index is 1.61. The van der Waals surface area contributed by atoms with Gasteiger partial charge in [0.25, 0.3) is 5.91 Å². The molecule has 1 saturated heterocycles. The highest BCUT2D eigenvalue weighted by atomic mass is 16.2. The van der Waals surface area contributed by atoms with Crippen molar-refractivity contribution in [3.63, 3.8) is 0 Å². The SMILES string of the molecule is CN(C)C(=O)[C@@]1(Cc2cccc(-c3ccccc3)c2)CCN(C(=O)c2ccncc2)C1. The first-order valence-electron chi connectivity index (χ1n) is 10.5. The lowest BCUT2D eigenvalue weighted by Gasteiger charge is -2.31. The second kappa shape index (κ2) is 8.72. The summed E-state index contributed by atoms with van der Waals surface area (Å²) in [5.41, 5.74) is 3.37. The number of carbonyl (C=O) groups is 2. The van der Waals surface area contributed by atoms with E-state index in [0.29, 0.717) is 31.5 Å². The predicted octanol–water partition coefficient (Wildman–Crippen LogP) is 3.91. The number of nitrogens with zero attached hydrogens (tertiary/aromatic N) is 3. The Morgan fingerprint density at radius 1 is 0.968 bits per heavy atom. The molecule has 1 fully saturated rings. The third kappa shape index (κ3) is 4.36. The maximum absolute atomic E-state index is 13.3. The molecule has 1 atom stereocenters. The fourth-order valence-corrected chi connectivity index (χ4v) is 4.47. The molecule has 0 radical (unpaired) electrons. The number of benzene rings is 2. The van der Waals surface area contributed by atoms with E-state index in [4.69, 9.17) is 0 Å². The zero-order valence-electron chi connectivity index (χ0n) is 18.0. The standard InChI is InChI=1S/C26H27N3O2/c1-28(2)25(31)26(13-16-29(19-26)24(30)22-11-14-27-15-12-22)18-20-7-6-10-23(17-20)21-8-4-3-5-9-21/h3-12,14-15,17H,13,16,18-19H2,1-2H3/t26-/m1/s1. The zero-order chi connectivity index (χ0) is 21.8. The van der Waals surface area contributed by atoms with Crippen LogP contribution in [0.4, 0.5) is 0 Å². The molecular weight excluding hydrogens is 386 g/mol. The normalized spacial score (nSPS) is 18.1. The molecule has 0 unspecified atom stereocenters. The number of hydrogen-bond acceptors (Lipinski definition) is 3. The van der Waals surface area contributed by atoms with Gasteiger partial charge in [-0.2, -0.15) is 0 Å². The van der Waals surface area contributed by atoms with Crippen LogP contribution in [-0.4, -0.2) is 53.8 Å². The first-order chi connectivity index (χ1) is 15.0. The number of amides is 2. The maximum atomic E-state index is 13.3. The van der Waals surface area contributed by atoms with Crippen LogP contribution in [0.15, 0.2) is 79.1 Å². The zero-order valence-corrected chi connectivity index (χ0v) is 18.0. The highest BCUT2D eigenvalue weighted by Crippen LogP contribution is 2.37. The summed E-state index contributed by atoms with van der Waals surface area (Å²) in [7, 11) is 3.58. The summed E-state index contributed by atoms with van der Waals surface area (Å²) < 4.78 is 0. The fourth-order valence-electron chi connectivity index (χ4n) is 4.47. The van der Waals surface area contributed by atoms with E-state index in [1.807, 2.05) is 24.3 Å². The van der Waals surface area contributed by atoms with Crippen LogP contribution >= 0.6 is 0 Å². The van der Waals surface area contributed by atoms with Gasteiger partial charge in [-0.3, -0.25) is 14.6 Å². The molecule has 5 nitrogen and oxygen atoms in total. The van der Waals surface area contributed by atoms with E-state index in [-0.39, 0.29) is 11.8 Å². The number of rotatable bonds is 5. The third-order valence-corrected chi connectivity index (χ3v) is 6.00. The van der Waals surface area contributed by atoms with E-state index in [1.165, 1.54) is 0 Å². The van der Waals surface area contributed by atoms with Gasteiger partial charge in [0, 0.05) is 45.1 Å². The van der Waals surface area contributed by atoms with Crippen LogP contribution in [0.1, 0.15) is 22.3 Å². The van der Waals surface area contributed by atoms with Gasteiger partial charge in [0.05, 0.1) is 5.41 Å². The number of likely N-dealkylation sites (tertiary alicyclic amines) is 1. The van der Waals surface area contributed by atoms with Gasteiger partial charge in [0.15, 0.2) is 0 Å². The Bertz CT molecular complexity index is 1070. The molecule has 1 aliphatic rings. The molecule has 158 valence electrons. The molecule has 5 heteroatoms. The molecule has 1 aromatic heterocycles. The third-order valence-electron chi connectivity index (χ3n) is 6.00. The monoisotopic (exact) mass is 413 g/mol. The van der Waals surface area contributed by atoms with Gasteiger partial charge < -0.3 is 9.80 Å². The first kappa shape index (κ1) is 20.8. The van der Waals surface area contributed by atoms with Crippen LogP contribution in [0, 0.1) is 5.41 Å². The smallest absolute Gasteiger partial charge is 0.253 e. The van der Waals surface area contributed by atoms with Crippen molar-refractivity contribution in [2.24, 2.45) is 5.41 Å². The molecule has 0 bridgehead atoms. The number of aromatic nitrogens is 1. The van der Waals surface area contributed by atoms with E-state index in [2.05, 4.69) is 35.3 Å². The van der Waals surface area contributed by atoms with Crippen molar-refractivity contribution in [1.29, 1.82) is 0 Å². The van der Waals surface area contributed by atoms with Crippen molar-refractivity contribution < 1.29 is 9.59 Å². The maximum Gasteiger partial charge on any atom is 0.253 e. The molecule has 0 spiro atoms. The Kier molecular flexibility index (Phi) is 5.85. The summed E-state index contributed by atoms with van der Waals surface area (Å²) in [6.45, 7) is 0.986. The molecule has 1 aliphatic heterocycles. The van der Waals surface area contributed by atoms with E-state index in [1.54, 1.807) is 48.4 Å². The molecule has 4 rings (SSSR count). The Labute approximate surface area is 183 Å². The van der Waals surface area contributed by atoms with Gasteiger partial charge in [-0.15, -0.1) is 0 Å². The molecule has 2 amide bonds. The minimum Gasteiger partial charge on any atom is -0.348 e. The summed E-state index contributed by atoms with van der Waals surface area (Å²) in [6, 6.07) is 22.0. The average Bonchev–Trinajstić information content (AvgIpc) is 3.24. The topological polar surface area (TPSA) is 53.5 Å². The van der Waals surface area contributed by atoms with Gasteiger partial charge in [-0.05, 0) is 41.7 Å². The minimum atomic E-state index is -0.624. The van der Waals surface area contributed by atoms with Crippen LogP contribution in [0.3, 0.4) is 0 Å². The summed E-state index contributed by atoms with van der Waals surface area (Å²) in [5, 5.41) is 0.